The molecule has 0 amide bonds. The number of aromatic nitrogens is 2. The van der Waals surface area contributed by atoms with Crippen molar-refractivity contribution in [2.75, 3.05) is 19.5 Å². The zero-order valence-electron chi connectivity index (χ0n) is 13.1. The van der Waals surface area contributed by atoms with Gasteiger partial charge in [0, 0.05) is 14.1 Å². The fourth-order valence-corrected chi connectivity index (χ4v) is 2.24. The van der Waals surface area contributed by atoms with Gasteiger partial charge in [0.25, 0.3) is 0 Å². The molecule has 0 aliphatic rings. The van der Waals surface area contributed by atoms with Gasteiger partial charge in [0.05, 0.1) is 4.92 Å². The number of benzene rings is 2. The summed E-state index contributed by atoms with van der Waals surface area (Å²) in [6, 6.07) is 13.2. The molecule has 1 N–H and O–H groups in total. The maximum atomic E-state index is 11.4. The van der Waals surface area contributed by atoms with Crippen LogP contribution in [0.2, 0.25) is 0 Å². The van der Waals surface area contributed by atoms with Gasteiger partial charge in [-0.3, -0.25) is 15.5 Å². The second kappa shape index (κ2) is 6.47. The van der Waals surface area contributed by atoms with Gasteiger partial charge in [-0.05, 0) is 22.9 Å². The van der Waals surface area contributed by atoms with Crippen molar-refractivity contribution in [2.24, 2.45) is 0 Å². The minimum Gasteiger partial charge on any atom is -0.434 e. The quantitative estimate of drug-likeness (QED) is 0.568. The molecule has 1 heterocycles. The van der Waals surface area contributed by atoms with E-state index in [0.29, 0.717) is 5.75 Å². The molecule has 0 fully saturated rings. The molecular formula is C16H15N5O3. The van der Waals surface area contributed by atoms with Gasteiger partial charge in [0.15, 0.2) is 0 Å². The number of rotatable bonds is 5. The van der Waals surface area contributed by atoms with Crippen LogP contribution < -0.4 is 10.2 Å². The molecule has 0 unspecified atom stereocenters. The van der Waals surface area contributed by atoms with E-state index in [-0.39, 0.29) is 17.4 Å². The number of fused-ring (bicyclic) bond motifs is 1. The highest BCUT2D eigenvalue weighted by Gasteiger charge is 2.25. The first kappa shape index (κ1) is 15.6. The lowest BCUT2D eigenvalue weighted by molar-refractivity contribution is -0.385. The molecule has 1 aromatic heterocycles. The van der Waals surface area contributed by atoms with Crippen LogP contribution in [-0.2, 0) is 0 Å². The second-order valence-corrected chi connectivity index (χ2v) is 5.25. The smallest absolute Gasteiger partial charge is 0.374 e. The predicted octanol–water partition coefficient (Wildman–Crippen LogP) is 3.22. The molecule has 0 saturated heterocycles. The first-order chi connectivity index (χ1) is 11.5. The monoisotopic (exact) mass is 325 g/mol. The van der Waals surface area contributed by atoms with Crippen LogP contribution in [0.25, 0.3) is 10.8 Å². The maximum Gasteiger partial charge on any atom is 0.374 e. The van der Waals surface area contributed by atoms with E-state index in [1.54, 1.807) is 31.2 Å². The van der Waals surface area contributed by atoms with Crippen LogP contribution >= 0.6 is 0 Å². The van der Waals surface area contributed by atoms with Crippen molar-refractivity contribution in [3.05, 3.63) is 58.9 Å². The number of nitrogens with one attached hydrogen (secondary N) is 1. The molecule has 8 heteroatoms. The van der Waals surface area contributed by atoms with Crippen molar-refractivity contribution in [2.45, 2.75) is 0 Å². The molecular weight excluding hydrogens is 310 g/mol. The molecule has 0 saturated carbocycles. The van der Waals surface area contributed by atoms with Crippen LogP contribution in [0.3, 0.4) is 0 Å². The van der Waals surface area contributed by atoms with E-state index in [2.05, 4.69) is 15.4 Å². The molecule has 0 radical (unpaired) electrons. The van der Waals surface area contributed by atoms with Crippen molar-refractivity contribution < 1.29 is 9.66 Å². The molecule has 0 aliphatic heterocycles. The largest absolute Gasteiger partial charge is 0.434 e. The lowest BCUT2D eigenvalue weighted by Gasteiger charge is -2.13. The van der Waals surface area contributed by atoms with Crippen molar-refractivity contribution in [3.63, 3.8) is 0 Å². The van der Waals surface area contributed by atoms with Crippen LogP contribution in [0.5, 0.6) is 11.6 Å². The van der Waals surface area contributed by atoms with Gasteiger partial charge in [-0.2, -0.15) is 4.98 Å². The molecule has 2 aromatic carbocycles. The van der Waals surface area contributed by atoms with Gasteiger partial charge < -0.3 is 4.74 Å². The van der Waals surface area contributed by atoms with Crippen molar-refractivity contribution in [1.82, 2.24) is 15.0 Å². The molecule has 122 valence electrons. The van der Waals surface area contributed by atoms with Gasteiger partial charge in [-0.15, -0.1) is 0 Å². The Morgan fingerprint density at radius 3 is 2.58 bits per heavy atom. The van der Waals surface area contributed by atoms with Gasteiger partial charge in [0.1, 0.15) is 12.1 Å². The third kappa shape index (κ3) is 3.23. The van der Waals surface area contributed by atoms with E-state index in [9.17, 15) is 10.1 Å². The Bertz CT molecular complexity index is 898. The number of nitrogens with zero attached hydrogens (tertiary/aromatic N) is 4. The van der Waals surface area contributed by atoms with Crippen molar-refractivity contribution in [3.8, 4) is 11.6 Å². The normalized spacial score (nSPS) is 10.8. The average Bonchev–Trinajstić information content (AvgIpc) is 2.54. The Labute approximate surface area is 137 Å². The number of hydrazine groups is 1. The summed E-state index contributed by atoms with van der Waals surface area (Å²) in [6.45, 7) is 0. The minimum atomic E-state index is -0.567. The predicted molar refractivity (Wildman–Crippen MR) is 90.0 cm³/mol. The van der Waals surface area contributed by atoms with Crippen LogP contribution in [0.1, 0.15) is 0 Å². The van der Waals surface area contributed by atoms with Crippen molar-refractivity contribution >= 4 is 22.3 Å². The van der Waals surface area contributed by atoms with E-state index in [1.165, 1.54) is 6.33 Å². The Balaban J connectivity index is 2.00. The summed E-state index contributed by atoms with van der Waals surface area (Å²) in [5.41, 5.74) is 2.45. The molecule has 3 aromatic rings. The maximum absolute atomic E-state index is 11.4. The standard InChI is InChI=1S/C16H15N5O3/c1-20(2)19-15-14(21(22)23)16(18-10-17-15)24-13-8-7-11-5-3-4-6-12(11)9-13/h3-10H,1-2H3,(H,17,18,19). The number of nitro groups is 1. The lowest BCUT2D eigenvalue weighted by Crippen LogP contribution is -2.21. The van der Waals surface area contributed by atoms with E-state index >= 15 is 0 Å². The zero-order chi connectivity index (χ0) is 17.1. The van der Waals surface area contributed by atoms with Crippen LogP contribution in [-0.4, -0.2) is 34.0 Å². The number of anilines is 1. The third-order valence-corrected chi connectivity index (χ3v) is 3.24. The van der Waals surface area contributed by atoms with E-state index < -0.39 is 4.92 Å². The lowest BCUT2D eigenvalue weighted by atomic mass is 10.1. The molecule has 0 aliphatic carbocycles. The van der Waals surface area contributed by atoms with Crippen LogP contribution in [0, 0.1) is 10.1 Å². The molecule has 3 rings (SSSR count). The van der Waals surface area contributed by atoms with Crippen LogP contribution in [0.15, 0.2) is 48.8 Å². The summed E-state index contributed by atoms with van der Waals surface area (Å²) in [5, 5.41) is 15.0. The first-order valence-corrected chi connectivity index (χ1v) is 7.14. The Morgan fingerprint density at radius 1 is 1.12 bits per heavy atom. The second-order valence-electron chi connectivity index (χ2n) is 5.25. The number of hydrogen-bond donors (Lipinski definition) is 1. The SMILES string of the molecule is CN(C)Nc1ncnc(Oc2ccc3ccccc3c2)c1[N+](=O)[O-]. The Hall–Kier alpha value is -3.26. The summed E-state index contributed by atoms with van der Waals surface area (Å²) in [5.74, 6) is 0.414. The van der Waals surface area contributed by atoms with E-state index in [4.69, 9.17) is 4.74 Å². The van der Waals surface area contributed by atoms with Gasteiger partial charge >= 0.3 is 11.6 Å². The van der Waals surface area contributed by atoms with Crippen molar-refractivity contribution in [1.29, 1.82) is 0 Å². The number of hydrogen-bond acceptors (Lipinski definition) is 7. The fraction of sp³-hybridized carbons (Fsp3) is 0.125. The summed E-state index contributed by atoms with van der Waals surface area (Å²) in [4.78, 5) is 18.7. The molecule has 24 heavy (non-hydrogen) atoms. The van der Waals surface area contributed by atoms with E-state index in [1.807, 2.05) is 30.3 Å². The average molecular weight is 325 g/mol. The summed E-state index contributed by atoms with van der Waals surface area (Å²) < 4.78 is 5.65. The van der Waals surface area contributed by atoms with Gasteiger partial charge in [-0.1, -0.05) is 30.3 Å². The number of ether oxygens (including phenoxy) is 1. The molecule has 0 spiro atoms. The van der Waals surface area contributed by atoms with Gasteiger partial charge in [0.2, 0.25) is 5.82 Å². The topological polar surface area (TPSA) is 93.4 Å². The third-order valence-electron chi connectivity index (χ3n) is 3.24. The van der Waals surface area contributed by atoms with Gasteiger partial charge in [-0.25, -0.2) is 9.99 Å². The highest BCUT2D eigenvalue weighted by molar-refractivity contribution is 5.83. The Morgan fingerprint density at radius 2 is 1.88 bits per heavy atom. The zero-order valence-corrected chi connectivity index (χ0v) is 13.1. The molecule has 8 nitrogen and oxygen atoms in total. The summed E-state index contributed by atoms with van der Waals surface area (Å²) in [7, 11) is 3.41. The highest BCUT2D eigenvalue weighted by atomic mass is 16.6. The fourth-order valence-electron chi connectivity index (χ4n) is 2.24. The van der Waals surface area contributed by atoms with E-state index in [0.717, 1.165) is 10.8 Å². The molecule has 0 bridgehead atoms. The Kier molecular flexibility index (Phi) is 4.21. The first-order valence-electron chi connectivity index (χ1n) is 7.14. The summed E-state index contributed by atoms with van der Waals surface area (Å²) in [6.07, 6.45) is 1.22. The highest BCUT2D eigenvalue weighted by Crippen LogP contribution is 2.34. The summed E-state index contributed by atoms with van der Waals surface area (Å²) >= 11 is 0. The molecule has 0 atom stereocenters. The minimum absolute atomic E-state index is 0.0655. The van der Waals surface area contributed by atoms with Crippen LogP contribution in [0.4, 0.5) is 11.5 Å².